The monoisotopic (exact) mass is 311 g/mol. The largest absolute Gasteiger partial charge is 0.379 e. The third-order valence-electron chi connectivity index (χ3n) is 4.54. The van der Waals surface area contributed by atoms with Gasteiger partial charge in [0, 0.05) is 30.4 Å². The minimum atomic E-state index is 0.422. The standard InChI is InChI=1S/C19H25N3O/c1-4-18-13-19(21-15(3)20-18)17-7-5-16(6-8-17)14(2)22-9-11-23-12-10-22/h5-8,13-14H,4,9-12H2,1-3H3. The molecule has 1 aromatic heterocycles. The molecule has 1 saturated heterocycles. The minimum absolute atomic E-state index is 0.422. The van der Waals surface area contributed by atoms with E-state index in [0.29, 0.717) is 6.04 Å². The maximum atomic E-state index is 5.44. The normalized spacial score (nSPS) is 17.2. The summed E-state index contributed by atoms with van der Waals surface area (Å²) >= 11 is 0. The van der Waals surface area contributed by atoms with Crippen LogP contribution >= 0.6 is 0 Å². The Balaban J connectivity index is 1.80. The van der Waals surface area contributed by atoms with E-state index in [1.165, 1.54) is 5.56 Å². The second-order valence-electron chi connectivity index (χ2n) is 6.09. The molecule has 3 rings (SSSR count). The van der Waals surface area contributed by atoms with Crippen LogP contribution in [0.25, 0.3) is 11.3 Å². The molecule has 122 valence electrons. The zero-order valence-electron chi connectivity index (χ0n) is 14.2. The van der Waals surface area contributed by atoms with Gasteiger partial charge in [-0.3, -0.25) is 4.90 Å². The molecule has 1 atom stereocenters. The van der Waals surface area contributed by atoms with Gasteiger partial charge >= 0.3 is 0 Å². The van der Waals surface area contributed by atoms with Gasteiger partial charge in [-0.05, 0) is 31.9 Å². The fourth-order valence-corrected chi connectivity index (χ4v) is 3.07. The van der Waals surface area contributed by atoms with Crippen molar-refractivity contribution in [2.45, 2.75) is 33.2 Å². The summed E-state index contributed by atoms with van der Waals surface area (Å²) in [7, 11) is 0. The van der Waals surface area contributed by atoms with Crippen molar-refractivity contribution in [2.24, 2.45) is 0 Å². The topological polar surface area (TPSA) is 38.2 Å². The number of ether oxygens (including phenoxy) is 1. The molecule has 0 saturated carbocycles. The van der Waals surface area contributed by atoms with Crippen LogP contribution in [0, 0.1) is 6.92 Å². The third-order valence-corrected chi connectivity index (χ3v) is 4.54. The predicted octanol–water partition coefficient (Wildman–Crippen LogP) is 3.41. The van der Waals surface area contributed by atoms with E-state index >= 15 is 0 Å². The lowest BCUT2D eigenvalue weighted by Crippen LogP contribution is -2.37. The van der Waals surface area contributed by atoms with Crippen LogP contribution in [-0.4, -0.2) is 41.2 Å². The van der Waals surface area contributed by atoms with Crippen LogP contribution in [0.4, 0.5) is 0 Å². The second-order valence-corrected chi connectivity index (χ2v) is 6.09. The van der Waals surface area contributed by atoms with Gasteiger partial charge in [0.25, 0.3) is 0 Å². The van der Waals surface area contributed by atoms with Crippen molar-refractivity contribution in [3.63, 3.8) is 0 Å². The smallest absolute Gasteiger partial charge is 0.126 e. The van der Waals surface area contributed by atoms with Crippen LogP contribution in [-0.2, 0) is 11.2 Å². The average molecular weight is 311 g/mol. The van der Waals surface area contributed by atoms with Crippen molar-refractivity contribution in [2.75, 3.05) is 26.3 Å². The highest BCUT2D eigenvalue weighted by atomic mass is 16.5. The van der Waals surface area contributed by atoms with E-state index in [4.69, 9.17) is 4.74 Å². The van der Waals surface area contributed by atoms with Crippen molar-refractivity contribution in [3.8, 4) is 11.3 Å². The van der Waals surface area contributed by atoms with Gasteiger partial charge in [0.2, 0.25) is 0 Å². The molecule has 0 N–H and O–H groups in total. The first kappa shape index (κ1) is 16.1. The van der Waals surface area contributed by atoms with Crippen LogP contribution in [0.1, 0.15) is 37.0 Å². The number of nitrogens with zero attached hydrogens (tertiary/aromatic N) is 3. The Bertz CT molecular complexity index is 648. The Morgan fingerprint density at radius 2 is 1.83 bits per heavy atom. The molecule has 0 amide bonds. The molecule has 1 unspecified atom stereocenters. The summed E-state index contributed by atoms with van der Waals surface area (Å²) in [5.74, 6) is 0.838. The molecule has 0 aliphatic carbocycles. The molecule has 2 heterocycles. The lowest BCUT2D eigenvalue weighted by Gasteiger charge is -2.32. The Kier molecular flexibility index (Phi) is 5.03. The molecule has 2 aromatic rings. The molecule has 4 nitrogen and oxygen atoms in total. The van der Waals surface area contributed by atoms with Gasteiger partial charge in [0.15, 0.2) is 0 Å². The third kappa shape index (κ3) is 3.77. The number of aryl methyl sites for hydroxylation is 2. The number of morpholine rings is 1. The molecule has 1 aromatic carbocycles. The summed E-state index contributed by atoms with van der Waals surface area (Å²) in [6.07, 6.45) is 0.933. The van der Waals surface area contributed by atoms with E-state index in [9.17, 15) is 0 Å². The summed E-state index contributed by atoms with van der Waals surface area (Å²) < 4.78 is 5.44. The van der Waals surface area contributed by atoms with Crippen molar-refractivity contribution >= 4 is 0 Å². The number of aromatic nitrogens is 2. The van der Waals surface area contributed by atoms with Crippen molar-refractivity contribution in [1.29, 1.82) is 0 Å². The van der Waals surface area contributed by atoms with Crippen molar-refractivity contribution in [1.82, 2.24) is 14.9 Å². The van der Waals surface area contributed by atoms with Crippen molar-refractivity contribution in [3.05, 3.63) is 47.4 Å². The van der Waals surface area contributed by atoms with E-state index in [-0.39, 0.29) is 0 Å². The summed E-state index contributed by atoms with van der Waals surface area (Å²) in [6.45, 7) is 10.0. The highest BCUT2D eigenvalue weighted by Crippen LogP contribution is 2.25. The van der Waals surface area contributed by atoms with E-state index in [0.717, 1.165) is 55.5 Å². The summed E-state index contributed by atoms with van der Waals surface area (Å²) in [6, 6.07) is 11.3. The number of rotatable bonds is 4. The van der Waals surface area contributed by atoms with Gasteiger partial charge in [-0.2, -0.15) is 0 Å². The summed E-state index contributed by atoms with van der Waals surface area (Å²) in [4.78, 5) is 11.5. The first-order chi connectivity index (χ1) is 11.2. The molecule has 0 radical (unpaired) electrons. The molecule has 1 fully saturated rings. The van der Waals surface area contributed by atoms with E-state index in [1.54, 1.807) is 0 Å². The van der Waals surface area contributed by atoms with Gasteiger partial charge < -0.3 is 4.74 Å². The zero-order valence-corrected chi connectivity index (χ0v) is 14.2. The first-order valence-corrected chi connectivity index (χ1v) is 8.44. The Morgan fingerprint density at radius 3 is 2.48 bits per heavy atom. The maximum absolute atomic E-state index is 5.44. The van der Waals surface area contributed by atoms with E-state index in [1.807, 2.05) is 6.92 Å². The molecular formula is C19H25N3O. The first-order valence-electron chi connectivity index (χ1n) is 8.44. The van der Waals surface area contributed by atoms with Crippen LogP contribution in [0.5, 0.6) is 0 Å². The van der Waals surface area contributed by atoms with Crippen LogP contribution in [0.3, 0.4) is 0 Å². The predicted molar refractivity (Wildman–Crippen MR) is 92.4 cm³/mol. The quantitative estimate of drug-likeness (QED) is 0.867. The lowest BCUT2D eigenvalue weighted by atomic mass is 10.0. The number of hydrogen-bond donors (Lipinski definition) is 0. The number of benzene rings is 1. The van der Waals surface area contributed by atoms with Gasteiger partial charge in [-0.25, -0.2) is 9.97 Å². The molecule has 0 bridgehead atoms. The Hall–Kier alpha value is -1.78. The average Bonchev–Trinajstić information content (AvgIpc) is 2.61. The van der Waals surface area contributed by atoms with E-state index in [2.05, 4.69) is 59.0 Å². The second kappa shape index (κ2) is 7.20. The highest BCUT2D eigenvalue weighted by Gasteiger charge is 2.18. The minimum Gasteiger partial charge on any atom is -0.379 e. The zero-order chi connectivity index (χ0) is 16.2. The van der Waals surface area contributed by atoms with Gasteiger partial charge in [-0.15, -0.1) is 0 Å². The molecule has 1 aliphatic heterocycles. The maximum Gasteiger partial charge on any atom is 0.126 e. The lowest BCUT2D eigenvalue weighted by molar-refractivity contribution is 0.0198. The SMILES string of the molecule is CCc1cc(-c2ccc(C(C)N3CCOCC3)cc2)nc(C)n1. The van der Waals surface area contributed by atoms with Crippen LogP contribution < -0.4 is 0 Å². The highest BCUT2D eigenvalue weighted by molar-refractivity contribution is 5.60. The molecule has 1 aliphatic rings. The van der Waals surface area contributed by atoms with Crippen LogP contribution in [0.2, 0.25) is 0 Å². The summed E-state index contributed by atoms with van der Waals surface area (Å²) in [5, 5.41) is 0. The van der Waals surface area contributed by atoms with Crippen molar-refractivity contribution < 1.29 is 4.74 Å². The fourth-order valence-electron chi connectivity index (χ4n) is 3.07. The van der Waals surface area contributed by atoms with Gasteiger partial charge in [0.1, 0.15) is 5.82 Å². The van der Waals surface area contributed by atoms with Crippen LogP contribution in [0.15, 0.2) is 30.3 Å². The molecule has 4 heteroatoms. The Labute approximate surface area is 138 Å². The molecular weight excluding hydrogens is 286 g/mol. The van der Waals surface area contributed by atoms with Gasteiger partial charge in [-0.1, -0.05) is 31.2 Å². The van der Waals surface area contributed by atoms with Gasteiger partial charge in [0.05, 0.1) is 18.9 Å². The molecule has 23 heavy (non-hydrogen) atoms. The van der Waals surface area contributed by atoms with E-state index < -0.39 is 0 Å². The summed E-state index contributed by atoms with van der Waals surface area (Å²) in [5.41, 5.74) is 4.61. The Morgan fingerprint density at radius 1 is 1.13 bits per heavy atom. The fraction of sp³-hybridized carbons (Fsp3) is 0.474. The number of hydrogen-bond acceptors (Lipinski definition) is 4. The molecule has 0 spiro atoms.